The number of aromatic hydroxyl groups is 1. The number of hydrogen-bond acceptors (Lipinski definition) is 4. The van der Waals surface area contributed by atoms with E-state index in [1.807, 2.05) is 0 Å². The van der Waals surface area contributed by atoms with Crippen molar-refractivity contribution in [3.8, 4) is 11.5 Å². The molecule has 4 nitrogen and oxygen atoms in total. The van der Waals surface area contributed by atoms with Crippen LogP contribution in [0.1, 0.15) is 22.8 Å². The summed E-state index contributed by atoms with van der Waals surface area (Å²) in [6, 6.07) is 2.75. The summed E-state index contributed by atoms with van der Waals surface area (Å²) in [6.45, 7) is 2.91. The molecule has 0 aliphatic rings. The summed E-state index contributed by atoms with van der Waals surface area (Å²) in [5, 5.41) is 9.36. The van der Waals surface area contributed by atoms with Crippen molar-refractivity contribution >= 4 is 12.3 Å². The van der Waals surface area contributed by atoms with Crippen molar-refractivity contribution in [3.63, 3.8) is 0 Å². The lowest BCUT2D eigenvalue weighted by Crippen LogP contribution is -2.02. The van der Waals surface area contributed by atoms with Crippen molar-refractivity contribution < 1.29 is 19.4 Å². The molecule has 0 aromatic heterocycles. The predicted octanol–water partition coefficient (Wildman–Crippen LogP) is 1.44. The Morgan fingerprint density at radius 2 is 2.14 bits per heavy atom. The van der Waals surface area contributed by atoms with Crippen LogP contribution in [-0.4, -0.2) is 17.4 Å². The number of phenolic OH excluding ortho intramolecular Hbond substituents is 1. The van der Waals surface area contributed by atoms with Crippen LogP contribution in [0.3, 0.4) is 0 Å². The molecule has 1 aromatic rings. The van der Waals surface area contributed by atoms with E-state index in [4.69, 9.17) is 4.74 Å². The zero-order valence-corrected chi connectivity index (χ0v) is 7.90. The summed E-state index contributed by atoms with van der Waals surface area (Å²) in [4.78, 5) is 21.1. The van der Waals surface area contributed by atoms with Crippen molar-refractivity contribution in [1.29, 1.82) is 0 Å². The molecule has 0 saturated carbocycles. The summed E-state index contributed by atoms with van der Waals surface area (Å²) in [7, 11) is 0. The number of carbonyl (C=O) groups excluding carboxylic acids is 2. The number of esters is 1. The molecule has 0 heterocycles. The van der Waals surface area contributed by atoms with E-state index in [2.05, 4.69) is 0 Å². The van der Waals surface area contributed by atoms with Crippen LogP contribution < -0.4 is 4.74 Å². The number of rotatable bonds is 2. The smallest absolute Gasteiger partial charge is 0.308 e. The average molecular weight is 194 g/mol. The molecule has 0 saturated heterocycles. The fourth-order valence-corrected chi connectivity index (χ4v) is 1.13. The first-order valence-corrected chi connectivity index (χ1v) is 4.02. The summed E-state index contributed by atoms with van der Waals surface area (Å²) >= 11 is 0. The van der Waals surface area contributed by atoms with Crippen LogP contribution in [0, 0.1) is 6.92 Å². The van der Waals surface area contributed by atoms with Gasteiger partial charge in [0.25, 0.3) is 0 Å². The second-order valence-electron chi connectivity index (χ2n) is 2.88. The minimum Gasteiger partial charge on any atom is -0.507 e. The monoisotopic (exact) mass is 194 g/mol. The van der Waals surface area contributed by atoms with Gasteiger partial charge in [-0.15, -0.1) is 0 Å². The average Bonchev–Trinajstić information content (AvgIpc) is 2.01. The summed E-state index contributed by atoms with van der Waals surface area (Å²) < 4.78 is 4.76. The Hall–Kier alpha value is -1.84. The number of aryl methyl sites for hydroxylation is 1. The fraction of sp³-hybridized carbons (Fsp3) is 0.200. The number of hydrogen-bond donors (Lipinski definition) is 1. The van der Waals surface area contributed by atoms with Crippen LogP contribution >= 0.6 is 0 Å². The normalized spacial score (nSPS) is 9.57. The van der Waals surface area contributed by atoms with Gasteiger partial charge in [0.1, 0.15) is 11.5 Å². The lowest BCUT2D eigenvalue weighted by atomic mass is 10.1. The van der Waals surface area contributed by atoms with Gasteiger partial charge in [-0.25, -0.2) is 0 Å². The maximum Gasteiger partial charge on any atom is 0.308 e. The molecular formula is C10H10O4. The van der Waals surface area contributed by atoms with E-state index >= 15 is 0 Å². The zero-order chi connectivity index (χ0) is 10.7. The van der Waals surface area contributed by atoms with Crippen LogP contribution in [0.5, 0.6) is 11.5 Å². The molecule has 0 radical (unpaired) electrons. The largest absolute Gasteiger partial charge is 0.507 e. The predicted molar refractivity (Wildman–Crippen MR) is 49.5 cm³/mol. The molecule has 74 valence electrons. The van der Waals surface area contributed by atoms with Gasteiger partial charge >= 0.3 is 5.97 Å². The Morgan fingerprint density at radius 3 is 2.57 bits per heavy atom. The molecule has 1 rings (SSSR count). The van der Waals surface area contributed by atoms with Gasteiger partial charge in [0, 0.05) is 13.0 Å². The Morgan fingerprint density at radius 1 is 1.50 bits per heavy atom. The molecule has 1 N–H and O–H groups in total. The molecule has 14 heavy (non-hydrogen) atoms. The van der Waals surface area contributed by atoms with Crippen molar-refractivity contribution in [2.24, 2.45) is 0 Å². The van der Waals surface area contributed by atoms with E-state index in [1.165, 1.54) is 19.1 Å². The highest BCUT2D eigenvalue weighted by Gasteiger charge is 2.08. The van der Waals surface area contributed by atoms with Gasteiger partial charge in [-0.05, 0) is 18.6 Å². The zero-order valence-electron chi connectivity index (χ0n) is 7.90. The van der Waals surface area contributed by atoms with Crippen molar-refractivity contribution in [2.45, 2.75) is 13.8 Å². The summed E-state index contributed by atoms with van der Waals surface area (Å²) in [5.74, 6) is -0.419. The molecular weight excluding hydrogens is 184 g/mol. The van der Waals surface area contributed by atoms with E-state index in [1.54, 1.807) is 6.92 Å². The minimum atomic E-state index is -0.470. The first kappa shape index (κ1) is 10.2. The Bertz CT molecular complexity index is 359. The van der Waals surface area contributed by atoms with Crippen LogP contribution in [-0.2, 0) is 4.79 Å². The third kappa shape index (κ3) is 2.10. The van der Waals surface area contributed by atoms with Gasteiger partial charge in [0.2, 0.25) is 0 Å². The van der Waals surface area contributed by atoms with Crippen molar-refractivity contribution in [2.75, 3.05) is 0 Å². The number of benzene rings is 1. The number of ether oxygens (including phenoxy) is 1. The molecule has 1 aromatic carbocycles. The van der Waals surface area contributed by atoms with E-state index in [0.717, 1.165) is 0 Å². The van der Waals surface area contributed by atoms with Crippen molar-refractivity contribution in [3.05, 3.63) is 23.3 Å². The maximum atomic E-state index is 10.6. The van der Waals surface area contributed by atoms with Crippen LogP contribution in [0.4, 0.5) is 0 Å². The van der Waals surface area contributed by atoms with E-state index in [0.29, 0.717) is 11.8 Å². The quantitative estimate of drug-likeness (QED) is 0.439. The lowest BCUT2D eigenvalue weighted by Gasteiger charge is -2.06. The second kappa shape index (κ2) is 3.91. The highest BCUT2D eigenvalue weighted by Crippen LogP contribution is 2.26. The first-order chi connectivity index (χ1) is 6.54. The molecule has 0 amide bonds. The van der Waals surface area contributed by atoms with E-state index in [9.17, 15) is 14.7 Å². The number of aldehydes is 1. The molecule has 0 aliphatic carbocycles. The van der Waals surface area contributed by atoms with Gasteiger partial charge in [-0.3, -0.25) is 9.59 Å². The standard InChI is InChI=1S/C10H10O4/c1-6-3-8(14-7(2)12)4-10(13)9(6)5-11/h3-5,13H,1-2H3. The van der Waals surface area contributed by atoms with Crippen molar-refractivity contribution in [1.82, 2.24) is 0 Å². The molecule has 0 bridgehead atoms. The van der Waals surface area contributed by atoms with Gasteiger partial charge in [0.05, 0.1) is 5.56 Å². The summed E-state index contributed by atoms with van der Waals surface area (Å²) in [5.41, 5.74) is 0.775. The Kier molecular flexibility index (Phi) is 2.86. The minimum absolute atomic E-state index is 0.184. The highest BCUT2D eigenvalue weighted by molar-refractivity contribution is 5.82. The van der Waals surface area contributed by atoms with Crippen LogP contribution in [0.15, 0.2) is 12.1 Å². The van der Waals surface area contributed by atoms with E-state index in [-0.39, 0.29) is 17.1 Å². The second-order valence-corrected chi connectivity index (χ2v) is 2.88. The third-order valence-electron chi connectivity index (χ3n) is 1.72. The molecule has 0 atom stereocenters. The molecule has 4 heteroatoms. The molecule has 0 spiro atoms. The molecule has 0 aliphatic heterocycles. The van der Waals surface area contributed by atoms with Crippen LogP contribution in [0.25, 0.3) is 0 Å². The van der Waals surface area contributed by atoms with Gasteiger partial charge in [0.15, 0.2) is 6.29 Å². The third-order valence-corrected chi connectivity index (χ3v) is 1.72. The Balaban J connectivity index is 3.13. The molecule has 0 unspecified atom stereocenters. The fourth-order valence-electron chi connectivity index (χ4n) is 1.13. The number of carbonyl (C=O) groups is 2. The van der Waals surface area contributed by atoms with Gasteiger partial charge in [-0.2, -0.15) is 0 Å². The van der Waals surface area contributed by atoms with Gasteiger partial charge < -0.3 is 9.84 Å². The Labute approximate surface area is 81.1 Å². The van der Waals surface area contributed by atoms with E-state index < -0.39 is 5.97 Å². The SMILES string of the molecule is CC(=O)Oc1cc(C)c(C=O)c(O)c1. The highest BCUT2D eigenvalue weighted by atomic mass is 16.5. The van der Waals surface area contributed by atoms with Gasteiger partial charge in [-0.1, -0.05) is 0 Å². The lowest BCUT2D eigenvalue weighted by molar-refractivity contribution is -0.131. The maximum absolute atomic E-state index is 10.6. The summed E-state index contributed by atoms with van der Waals surface area (Å²) in [6.07, 6.45) is 0.558. The number of phenols is 1. The first-order valence-electron chi connectivity index (χ1n) is 4.02. The topological polar surface area (TPSA) is 63.6 Å². The van der Waals surface area contributed by atoms with Crippen LogP contribution in [0.2, 0.25) is 0 Å². The molecule has 0 fully saturated rings.